The summed E-state index contributed by atoms with van der Waals surface area (Å²) in [5, 5.41) is 14.6. The molecular weight excluding hydrogens is 308 g/mol. The molecule has 6 heteroatoms. The van der Waals surface area contributed by atoms with E-state index in [1.54, 1.807) is 36.4 Å². The van der Waals surface area contributed by atoms with Gasteiger partial charge in [-0.05, 0) is 37.1 Å². The summed E-state index contributed by atoms with van der Waals surface area (Å²) in [5.74, 6) is -2.82. The zero-order valence-electron chi connectivity index (χ0n) is 13.2. The van der Waals surface area contributed by atoms with Crippen LogP contribution in [0.15, 0.2) is 49.1 Å². The molecule has 1 aliphatic rings. The number of carbonyl (C=O) groups excluding carboxylic acids is 2. The molecule has 6 nitrogen and oxygen atoms in total. The molecule has 1 aromatic rings. The highest BCUT2D eigenvalue weighted by atomic mass is 16.4. The van der Waals surface area contributed by atoms with Gasteiger partial charge in [-0.3, -0.25) is 14.4 Å². The fourth-order valence-corrected chi connectivity index (χ4v) is 2.58. The van der Waals surface area contributed by atoms with E-state index in [1.165, 1.54) is 0 Å². The lowest BCUT2D eigenvalue weighted by Gasteiger charge is -2.24. The topological polar surface area (TPSA) is 95.5 Å². The van der Waals surface area contributed by atoms with Crippen LogP contribution in [-0.4, -0.2) is 29.4 Å². The van der Waals surface area contributed by atoms with Gasteiger partial charge in [-0.15, -0.1) is 6.58 Å². The molecule has 2 rings (SSSR count). The Balaban J connectivity index is 2.01. The number of carbonyl (C=O) groups is 3. The van der Waals surface area contributed by atoms with E-state index in [0.29, 0.717) is 30.6 Å². The van der Waals surface area contributed by atoms with Crippen molar-refractivity contribution in [2.75, 3.05) is 11.9 Å². The lowest BCUT2D eigenvalue weighted by Crippen LogP contribution is -2.34. The van der Waals surface area contributed by atoms with Crippen molar-refractivity contribution in [2.45, 2.75) is 12.8 Å². The molecule has 0 saturated carbocycles. The largest absolute Gasteiger partial charge is 0.481 e. The van der Waals surface area contributed by atoms with Gasteiger partial charge in [0.15, 0.2) is 0 Å². The van der Waals surface area contributed by atoms with Gasteiger partial charge in [0, 0.05) is 17.8 Å². The first-order valence-corrected chi connectivity index (χ1v) is 7.70. The van der Waals surface area contributed by atoms with Crippen LogP contribution in [0.4, 0.5) is 5.69 Å². The van der Waals surface area contributed by atoms with Crippen LogP contribution < -0.4 is 10.6 Å². The van der Waals surface area contributed by atoms with Gasteiger partial charge in [-0.1, -0.05) is 18.2 Å². The van der Waals surface area contributed by atoms with Crippen molar-refractivity contribution in [3.8, 4) is 0 Å². The number of aliphatic carboxylic acids is 1. The van der Waals surface area contributed by atoms with Gasteiger partial charge in [-0.25, -0.2) is 0 Å². The highest BCUT2D eigenvalue weighted by Gasteiger charge is 2.33. The minimum absolute atomic E-state index is 0.226. The van der Waals surface area contributed by atoms with Gasteiger partial charge in [0.1, 0.15) is 0 Å². The molecule has 0 saturated heterocycles. The second-order valence-electron chi connectivity index (χ2n) is 5.56. The molecule has 2 amide bonds. The lowest BCUT2D eigenvalue weighted by molar-refractivity contribution is -0.146. The maximum atomic E-state index is 12.3. The van der Waals surface area contributed by atoms with Gasteiger partial charge < -0.3 is 15.7 Å². The van der Waals surface area contributed by atoms with E-state index < -0.39 is 17.8 Å². The first-order chi connectivity index (χ1) is 11.5. The van der Waals surface area contributed by atoms with Crippen molar-refractivity contribution in [1.29, 1.82) is 0 Å². The molecule has 0 bridgehead atoms. The normalized spacial score (nSPS) is 19.3. The van der Waals surface area contributed by atoms with Crippen molar-refractivity contribution in [3.63, 3.8) is 0 Å². The van der Waals surface area contributed by atoms with Crippen molar-refractivity contribution >= 4 is 23.5 Å². The first kappa shape index (κ1) is 17.5. The Kier molecular flexibility index (Phi) is 5.89. The standard InChI is InChI=1S/C18H20N2O4/c1-2-11-19-16(21)12-7-9-13(10-8-12)20-17(22)14-5-3-4-6-15(14)18(23)24/h2-4,7-10,14-15H,1,5-6,11H2,(H,19,21)(H,20,22)(H,23,24)/t14-,15+/m1/s1. The molecule has 126 valence electrons. The molecule has 24 heavy (non-hydrogen) atoms. The Bertz CT molecular complexity index is 664. The number of hydrogen-bond donors (Lipinski definition) is 3. The zero-order chi connectivity index (χ0) is 17.5. The maximum absolute atomic E-state index is 12.3. The summed E-state index contributed by atoms with van der Waals surface area (Å²) < 4.78 is 0. The number of anilines is 1. The third kappa shape index (κ3) is 4.32. The van der Waals surface area contributed by atoms with Crippen molar-refractivity contribution in [2.24, 2.45) is 11.8 Å². The van der Waals surface area contributed by atoms with Gasteiger partial charge >= 0.3 is 5.97 Å². The Morgan fingerprint density at radius 1 is 1.12 bits per heavy atom. The summed E-state index contributed by atoms with van der Waals surface area (Å²) in [6.07, 6.45) is 5.97. The number of carboxylic acid groups (broad SMARTS) is 1. The average Bonchev–Trinajstić information content (AvgIpc) is 2.60. The van der Waals surface area contributed by atoms with Crippen molar-refractivity contribution in [3.05, 3.63) is 54.6 Å². The summed E-state index contributed by atoms with van der Waals surface area (Å²) in [4.78, 5) is 35.4. The summed E-state index contributed by atoms with van der Waals surface area (Å²) in [6, 6.07) is 6.44. The second-order valence-corrected chi connectivity index (χ2v) is 5.56. The number of hydrogen-bond acceptors (Lipinski definition) is 3. The van der Waals surface area contributed by atoms with Crippen LogP contribution in [0.2, 0.25) is 0 Å². The Morgan fingerprint density at radius 2 is 1.75 bits per heavy atom. The minimum atomic E-state index is -0.964. The van der Waals surface area contributed by atoms with Crippen LogP contribution in [0.5, 0.6) is 0 Å². The zero-order valence-corrected chi connectivity index (χ0v) is 13.2. The molecule has 1 aliphatic carbocycles. The maximum Gasteiger partial charge on any atom is 0.307 e. The van der Waals surface area contributed by atoms with Gasteiger partial charge in [0.2, 0.25) is 5.91 Å². The van der Waals surface area contributed by atoms with Crippen LogP contribution in [0, 0.1) is 11.8 Å². The number of benzene rings is 1. The van der Waals surface area contributed by atoms with Crippen LogP contribution in [0.25, 0.3) is 0 Å². The molecule has 0 unspecified atom stereocenters. The van der Waals surface area contributed by atoms with Crippen LogP contribution in [-0.2, 0) is 9.59 Å². The number of rotatable bonds is 6. The monoisotopic (exact) mass is 328 g/mol. The van der Waals surface area contributed by atoms with Crippen LogP contribution in [0.1, 0.15) is 23.2 Å². The van der Waals surface area contributed by atoms with E-state index >= 15 is 0 Å². The van der Waals surface area contributed by atoms with Crippen molar-refractivity contribution < 1.29 is 19.5 Å². The minimum Gasteiger partial charge on any atom is -0.481 e. The Hall–Kier alpha value is -2.89. The quantitative estimate of drug-likeness (QED) is 0.698. The van der Waals surface area contributed by atoms with E-state index in [9.17, 15) is 19.5 Å². The van der Waals surface area contributed by atoms with Crippen LogP contribution in [0.3, 0.4) is 0 Å². The molecule has 0 spiro atoms. The van der Waals surface area contributed by atoms with E-state index in [2.05, 4.69) is 17.2 Å². The first-order valence-electron chi connectivity index (χ1n) is 7.70. The van der Waals surface area contributed by atoms with Gasteiger partial charge in [0.25, 0.3) is 5.91 Å². The summed E-state index contributed by atoms with van der Waals surface area (Å²) >= 11 is 0. The average molecular weight is 328 g/mol. The number of carboxylic acids is 1. The van der Waals surface area contributed by atoms with E-state index in [1.807, 2.05) is 6.08 Å². The summed E-state index contributed by atoms with van der Waals surface area (Å²) in [6.45, 7) is 3.91. The molecule has 3 N–H and O–H groups in total. The highest BCUT2D eigenvalue weighted by molar-refractivity contribution is 5.97. The molecule has 0 heterocycles. The lowest BCUT2D eigenvalue weighted by atomic mass is 9.82. The molecule has 0 fully saturated rings. The number of nitrogens with one attached hydrogen (secondary N) is 2. The Labute approximate surface area is 140 Å². The molecular formula is C18H20N2O4. The van der Waals surface area contributed by atoms with Gasteiger partial charge in [-0.2, -0.15) is 0 Å². The molecule has 1 aromatic carbocycles. The van der Waals surface area contributed by atoms with Crippen molar-refractivity contribution in [1.82, 2.24) is 5.32 Å². The fraction of sp³-hybridized carbons (Fsp3) is 0.278. The number of amides is 2. The summed E-state index contributed by atoms with van der Waals surface area (Å²) in [7, 11) is 0. The SMILES string of the molecule is C=CCNC(=O)c1ccc(NC(=O)[C@@H]2CC=CC[C@@H]2C(=O)O)cc1. The molecule has 2 atom stereocenters. The second kappa shape index (κ2) is 8.10. The Morgan fingerprint density at radius 3 is 2.33 bits per heavy atom. The predicted molar refractivity (Wildman–Crippen MR) is 90.6 cm³/mol. The number of allylic oxidation sites excluding steroid dienone is 2. The van der Waals surface area contributed by atoms with E-state index in [4.69, 9.17) is 0 Å². The smallest absolute Gasteiger partial charge is 0.307 e. The molecule has 0 aliphatic heterocycles. The molecule has 0 aromatic heterocycles. The van der Waals surface area contributed by atoms with E-state index in [0.717, 1.165) is 0 Å². The molecule has 0 radical (unpaired) electrons. The van der Waals surface area contributed by atoms with E-state index in [-0.39, 0.29) is 11.8 Å². The third-order valence-corrected chi connectivity index (χ3v) is 3.91. The van der Waals surface area contributed by atoms with Gasteiger partial charge in [0.05, 0.1) is 11.8 Å². The van der Waals surface area contributed by atoms with Crippen LogP contribution >= 0.6 is 0 Å². The predicted octanol–water partition coefficient (Wildman–Crippen LogP) is 2.21. The third-order valence-electron chi connectivity index (χ3n) is 3.91. The fourth-order valence-electron chi connectivity index (χ4n) is 2.58. The summed E-state index contributed by atoms with van der Waals surface area (Å²) in [5.41, 5.74) is 0.998. The highest BCUT2D eigenvalue weighted by Crippen LogP contribution is 2.27.